The normalized spacial score (nSPS) is 11.4. The predicted octanol–water partition coefficient (Wildman–Crippen LogP) is 7.49. The van der Waals surface area contributed by atoms with E-state index in [-0.39, 0.29) is 11.5 Å². The van der Waals surface area contributed by atoms with Crippen LogP contribution in [-0.4, -0.2) is 48.5 Å². The summed E-state index contributed by atoms with van der Waals surface area (Å²) in [5, 5.41) is 18.8. The summed E-state index contributed by atoms with van der Waals surface area (Å²) in [6.45, 7) is 11.6. The van der Waals surface area contributed by atoms with Crippen LogP contribution in [0.4, 0.5) is 0 Å². The van der Waals surface area contributed by atoms with E-state index in [0.29, 0.717) is 12.4 Å². The van der Waals surface area contributed by atoms with Crippen LogP contribution in [0.1, 0.15) is 51.7 Å². The highest BCUT2D eigenvalue weighted by Crippen LogP contribution is 2.38. The summed E-state index contributed by atoms with van der Waals surface area (Å²) in [5.74, 6) is 2.13. The van der Waals surface area contributed by atoms with Crippen LogP contribution in [0.3, 0.4) is 0 Å². The van der Waals surface area contributed by atoms with Crippen molar-refractivity contribution in [2.75, 3.05) is 33.4 Å². The van der Waals surface area contributed by atoms with Crippen molar-refractivity contribution in [1.82, 2.24) is 4.90 Å². The van der Waals surface area contributed by atoms with Gasteiger partial charge in [0.2, 0.25) is 0 Å². The molecule has 5 nitrogen and oxygen atoms in total. The third-order valence-corrected chi connectivity index (χ3v) is 5.79. The molecular weight excluding hydrogens is 474 g/mol. The van der Waals surface area contributed by atoms with Crippen molar-refractivity contribution in [2.24, 2.45) is 0 Å². The van der Waals surface area contributed by atoms with Gasteiger partial charge in [0.25, 0.3) is 0 Å². The molecule has 0 saturated heterocycles. The summed E-state index contributed by atoms with van der Waals surface area (Å²) in [6.07, 6.45) is 10.5. The Morgan fingerprint density at radius 3 is 2.16 bits per heavy atom. The van der Waals surface area contributed by atoms with Gasteiger partial charge in [0.15, 0.2) is 0 Å². The highest BCUT2D eigenvalue weighted by atomic mass is 16.5. The van der Waals surface area contributed by atoms with Crippen LogP contribution in [0, 0.1) is 12.8 Å². The van der Waals surface area contributed by atoms with Gasteiger partial charge in [0.05, 0.1) is 0 Å². The smallest absolute Gasteiger partial charge is 0.130 e. The van der Waals surface area contributed by atoms with Gasteiger partial charge in [-0.2, -0.15) is 0 Å². The topological polar surface area (TPSA) is 62.2 Å². The van der Waals surface area contributed by atoms with E-state index in [4.69, 9.17) is 9.47 Å². The summed E-state index contributed by atoms with van der Waals surface area (Å²) in [4.78, 5) is 2.31. The van der Waals surface area contributed by atoms with Crippen molar-refractivity contribution in [2.45, 2.75) is 40.5 Å². The van der Waals surface area contributed by atoms with Gasteiger partial charge in [0.1, 0.15) is 36.2 Å². The first-order valence-corrected chi connectivity index (χ1v) is 13.1. The molecule has 0 fully saturated rings. The zero-order chi connectivity index (χ0) is 28.3. The highest BCUT2D eigenvalue weighted by molar-refractivity contribution is 5.93. The summed E-state index contributed by atoms with van der Waals surface area (Å²) in [5.41, 5.74) is 4.26. The zero-order valence-corrected chi connectivity index (χ0v) is 23.5. The number of benzene rings is 3. The second-order valence-electron chi connectivity index (χ2n) is 8.44. The van der Waals surface area contributed by atoms with Gasteiger partial charge < -0.3 is 24.6 Å². The van der Waals surface area contributed by atoms with Crippen LogP contribution in [0.15, 0.2) is 72.8 Å². The fraction of sp³-hybridized carbons (Fsp3) is 0.333. The first-order valence-electron chi connectivity index (χ1n) is 13.1. The van der Waals surface area contributed by atoms with Crippen molar-refractivity contribution in [3.8, 4) is 35.8 Å². The van der Waals surface area contributed by atoms with Crippen molar-refractivity contribution >= 4 is 11.1 Å². The minimum absolute atomic E-state index is 0.208. The molecule has 0 amide bonds. The monoisotopic (exact) mass is 517 g/mol. The maximum Gasteiger partial charge on any atom is 0.130 e. The molecule has 3 aromatic rings. The van der Waals surface area contributed by atoms with Gasteiger partial charge in [-0.15, -0.1) is 12.8 Å². The van der Waals surface area contributed by atoms with Gasteiger partial charge >= 0.3 is 0 Å². The molecule has 0 spiro atoms. The number of phenolic OH excluding ortho intramolecular Hbond substituents is 2. The molecule has 204 valence electrons. The summed E-state index contributed by atoms with van der Waals surface area (Å²) >= 11 is 0. The number of hydrogen-bond donors (Lipinski definition) is 2. The lowest BCUT2D eigenvalue weighted by Crippen LogP contribution is -2.25. The van der Waals surface area contributed by atoms with Crippen molar-refractivity contribution in [1.29, 1.82) is 0 Å². The molecule has 0 saturated carbocycles. The minimum Gasteiger partial charge on any atom is -0.508 e. The SMILES string of the molecule is C#C.CC.CC1=C(c2ccc(O)cc2)COc2cc(O)ccc21.CCCCN(C)CCOc1ccccc1. The van der Waals surface area contributed by atoms with E-state index < -0.39 is 0 Å². The van der Waals surface area contributed by atoms with Crippen molar-refractivity contribution in [3.63, 3.8) is 0 Å². The summed E-state index contributed by atoms with van der Waals surface area (Å²) in [7, 11) is 2.14. The molecule has 1 heterocycles. The molecule has 0 unspecified atom stereocenters. The Hall–Kier alpha value is -3.88. The zero-order valence-electron chi connectivity index (χ0n) is 23.5. The fourth-order valence-corrected chi connectivity index (χ4v) is 3.70. The fourth-order valence-electron chi connectivity index (χ4n) is 3.70. The molecule has 5 heteroatoms. The third-order valence-electron chi connectivity index (χ3n) is 5.79. The number of allylic oxidation sites excluding steroid dienone is 1. The second kappa shape index (κ2) is 18.4. The standard InChI is InChI=1S/C16H14O3.C13H21NO.C2H6.C2H2/c1-10-14-7-6-13(18)8-16(14)19-9-15(10)11-2-4-12(17)5-3-11;1-3-4-10-14(2)11-12-15-13-8-6-5-7-9-13;2*1-2/h2-8,17-18H,9H2,1H3;5-9H,3-4,10-12H2,1-2H3;1-2H3;1-2H. The second-order valence-corrected chi connectivity index (χ2v) is 8.44. The number of rotatable bonds is 8. The average Bonchev–Trinajstić information content (AvgIpc) is 2.96. The van der Waals surface area contributed by atoms with E-state index in [1.807, 2.05) is 69.3 Å². The Kier molecular flexibility index (Phi) is 15.5. The van der Waals surface area contributed by atoms with Gasteiger partial charge in [-0.3, -0.25) is 0 Å². The number of phenols is 2. The maximum atomic E-state index is 9.46. The number of nitrogens with zero attached hydrogens (tertiary/aromatic N) is 1. The minimum atomic E-state index is 0.208. The van der Waals surface area contributed by atoms with E-state index >= 15 is 0 Å². The van der Waals surface area contributed by atoms with Crippen LogP contribution < -0.4 is 9.47 Å². The van der Waals surface area contributed by atoms with E-state index in [2.05, 4.69) is 31.7 Å². The summed E-state index contributed by atoms with van der Waals surface area (Å²) < 4.78 is 11.3. The predicted molar refractivity (Wildman–Crippen MR) is 160 cm³/mol. The first-order chi connectivity index (χ1) is 18.5. The molecule has 1 aliphatic heterocycles. The maximum absolute atomic E-state index is 9.46. The molecule has 38 heavy (non-hydrogen) atoms. The Labute approximate surface area is 229 Å². The van der Waals surface area contributed by atoms with Crippen LogP contribution in [0.25, 0.3) is 11.1 Å². The summed E-state index contributed by atoms with van der Waals surface area (Å²) in [6, 6.07) is 22.2. The molecule has 1 aliphatic rings. The van der Waals surface area contributed by atoms with Gasteiger partial charge in [0, 0.05) is 23.7 Å². The van der Waals surface area contributed by atoms with E-state index in [1.165, 1.54) is 12.8 Å². The number of aromatic hydroxyl groups is 2. The van der Waals surface area contributed by atoms with E-state index in [1.54, 1.807) is 24.3 Å². The van der Waals surface area contributed by atoms with Crippen LogP contribution >= 0.6 is 0 Å². The molecule has 0 bridgehead atoms. The number of ether oxygens (including phenoxy) is 2. The van der Waals surface area contributed by atoms with Crippen LogP contribution in [-0.2, 0) is 0 Å². The van der Waals surface area contributed by atoms with Crippen LogP contribution in [0.5, 0.6) is 23.0 Å². The first kappa shape index (κ1) is 32.1. The van der Waals surface area contributed by atoms with Gasteiger partial charge in [-0.1, -0.05) is 57.5 Å². The quantitative estimate of drug-likeness (QED) is 0.303. The molecule has 0 radical (unpaired) electrons. The number of unbranched alkanes of at least 4 members (excludes halogenated alkanes) is 1. The number of fused-ring (bicyclic) bond motifs is 1. The van der Waals surface area contributed by atoms with E-state index in [9.17, 15) is 10.2 Å². The molecule has 0 aliphatic carbocycles. The number of hydrogen-bond acceptors (Lipinski definition) is 5. The van der Waals surface area contributed by atoms with Gasteiger partial charge in [-0.05, 0) is 74.5 Å². The largest absolute Gasteiger partial charge is 0.508 e. The van der Waals surface area contributed by atoms with Crippen LogP contribution in [0.2, 0.25) is 0 Å². The average molecular weight is 518 g/mol. The lowest BCUT2D eigenvalue weighted by atomic mass is 9.93. The van der Waals surface area contributed by atoms with Crippen molar-refractivity contribution in [3.05, 3.63) is 83.9 Å². The molecule has 0 aromatic heterocycles. The number of likely N-dealkylation sites (N-methyl/N-ethyl adjacent to an activating group) is 1. The third kappa shape index (κ3) is 10.6. The highest BCUT2D eigenvalue weighted by Gasteiger charge is 2.18. The lowest BCUT2D eigenvalue weighted by molar-refractivity contribution is 0.235. The Morgan fingerprint density at radius 2 is 1.53 bits per heavy atom. The number of terminal acetylenes is 1. The molecule has 4 rings (SSSR count). The Bertz CT molecular complexity index is 1100. The molecular formula is C33H43NO4. The Morgan fingerprint density at radius 1 is 0.895 bits per heavy atom. The number of para-hydroxylation sites is 1. The molecule has 2 N–H and O–H groups in total. The lowest BCUT2D eigenvalue weighted by Gasteiger charge is -2.22. The molecule has 3 aromatic carbocycles. The van der Waals surface area contributed by atoms with Gasteiger partial charge in [-0.25, -0.2) is 0 Å². The van der Waals surface area contributed by atoms with Crippen molar-refractivity contribution < 1.29 is 19.7 Å². The Balaban J connectivity index is 0.000000344. The van der Waals surface area contributed by atoms with E-state index in [0.717, 1.165) is 47.7 Å². The molecule has 0 atom stereocenters.